The number of amides is 2. The number of benzene rings is 3. The van der Waals surface area contributed by atoms with Gasteiger partial charge in [0.25, 0.3) is 0 Å². The molecule has 1 atom stereocenters. The van der Waals surface area contributed by atoms with E-state index in [0.717, 1.165) is 35.1 Å². The van der Waals surface area contributed by atoms with Crippen LogP contribution < -0.4 is 10.1 Å². The molecular formula is C28H31F2N3O3. The smallest absolute Gasteiger partial charge is 0.322 e. The third kappa shape index (κ3) is 6.80. The zero-order valence-corrected chi connectivity index (χ0v) is 20.5. The standard InChI is InChI=1S/C28H31F2N3O3/c1-20-6-8-21(9-7-20)19-36-27(22-4-3-5-24(16-22)35-2)18-32-12-14-33(15-13-32)28(34)31-26-17-23(29)10-11-25(26)30/h3-11,16-17,27H,12-15,18-19H2,1-2H3,(H,31,34)/t27-/m0/s1. The first kappa shape index (κ1) is 25.6. The van der Waals surface area contributed by atoms with E-state index in [4.69, 9.17) is 9.47 Å². The SMILES string of the molecule is COc1cccc([C@H](CN2CCN(C(=O)Nc3cc(F)ccc3F)CC2)OCc2ccc(C)cc2)c1. The minimum Gasteiger partial charge on any atom is -0.497 e. The monoisotopic (exact) mass is 495 g/mol. The molecule has 0 aromatic heterocycles. The molecule has 0 bridgehead atoms. The van der Waals surface area contributed by atoms with Gasteiger partial charge >= 0.3 is 6.03 Å². The molecule has 1 N–H and O–H groups in total. The van der Waals surface area contributed by atoms with Gasteiger partial charge in [0.1, 0.15) is 17.4 Å². The van der Waals surface area contributed by atoms with Crippen LogP contribution in [-0.2, 0) is 11.3 Å². The van der Waals surface area contributed by atoms with Gasteiger partial charge in [-0.3, -0.25) is 4.90 Å². The number of ether oxygens (including phenoxy) is 2. The minimum absolute atomic E-state index is 0.162. The maximum Gasteiger partial charge on any atom is 0.322 e. The van der Waals surface area contributed by atoms with Crippen LogP contribution in [-0.4, -0.2) is 55.7 Å². The first-order valence-electron chi connectivity index (χ1n) is 12.0. The zero-order valence-electron chi connectivity index (χ0n) is 20.5. The Morgan fingerprint density at radius 1 is 1.00 bits per heavy atom. The van der Waals surface area contributed by atoms with E-state index < -0.39 is 17.7 Å². The van der Waals surface area contributed by atoms with Gasteiger partial charge < -0.3 is 19.7 Å². The number of rotatable bonds is 8. The molecule has 1 heterocycles. The Labute approximate surface area is 210 Å². The van der Waals surface area contributed by atoms with Crippen molar-refractivity contribution in [3.63, 3.8) is 0 Å². The van der Waals surface area contributed by atoms with Crippen molar-refractivity contribution in [2.45, 2.75) is 19.6 Å². The van der Waals surface area contributed by atoms with Crippen LogP contribution in [0.25, 0.3) is 0 Å². The van der Waals surface area contributed by atoms with Crippen molar-refractivity contribution in [2.24, 2.45) is 0 Å². The molecule has 8 heteroatoms. The Balaban J connectivity index is 1.37. The van der Waals surface area contributed by atoms with Crippen molar-refractivity contribution in [1.29, 1.82) is 0 Å². The van der Waals surface area contributed by atoms with Gasteiger partial charge in [-0.25, -0.2) is 13.6 Å². The maximum absolute atomic E-state index is 13.9. The van der Waals surface area contributed by atoms with Gasteiger partial charge in [0, 0.05) is 38.8 Å². The molecular weight excluding hydrogens is 464 g/mol. The highest BCUT2D eigenvalue weighted by Crippen LogP contribution is 2.25. The van der Waals surface area contributed by atoms with Crippen molar-refractivity contribution < 1.29 is 23.0 Å². The van der Waals surface area contributed by atoms with Crippen molar-refractivity contribution in [3.05, 3.63) is 95.1 Å². The first-order chi connectivity index (χ1) is 17.4. The van der Waals surface area contributed by atoms with E-state index in [2.05, 4.69) is 41.4 Å². The van der Waals surface area contributed by atoms with Gasteiger partial charge in [0.15, 0.2) is 0 Å². The van der Waals surface area contributed by atoms with Crippen LogP contribution in [0.15, 0.2) is 66.7 Å². The number of nitrogens with one attached hydrogen (secondary N) is 1. The average molecular weight is 496 g/mol. The van der Waals surface area contributed by atoms with Crippen LogP contribution in [0.4, 0.5) is 19.3 Å². The fourth-order valence-corrected chi connectivity index (χ4v) is 4.13. The summed E-state index contributed by atoms with van der Waals surface area (Å²) in [7, 11) is 1.64. The fourth-order valence-electron chi connectivity index (χ4n) is 4.13. The molecule has 1 aliphatic rings. The molecule has 0 aliphatic carbocycles. The summed E-state index contributed by atoms with van der Waals surface area (Å²) < 4.78 is 39.1. The Morgan fingerprint density at radius 2 is 1.75 bits per heavy atom. The van der Waals surface area contributed by atoms with Gasteiger partial charge in [-0.05, 0) is 42.3 Å². The molecule has 190 valence electrons. The predicted octanol–water partition coefficient (Wildman–Crippen LogP) is 5.39. The summed E-state index contributed by atoms with van der Waals surface area (Å²) in [6.07, 6.45) is -0.192. The van der Waals surface area contributed by atoms with Crippen LogP contribution in [0.2, 0.25) is 0 Å². The lowest BCUT2D eigenvalue weighted by Crippen LogP contribution is -2.50. The summed E-state index contributed by atoms with van der Waals surface area (Å²) in [5, 5.41) is 2.47. The van der Waals surface area contributed by atoms with Crippen LogP contribution in [0.1, 0.15) is 22.8 Å². The van der Waals surface area contributed by atoms with Crippen molar-refractivity contribution in [2.75, 3.05) is 45.2 Å². The third-order valence-corrected chi connectivity index (χ3v) is 6.29. The second-order valence-corrected chi connectivity index (χ2v) is 8.90. The molecule has 1 aliphatic heterocycles. The lowest BCUT2D eigenvalue weighted by atomic mass is 10.1. The molecule has 2 amide bonds. The number of urea groups is 1. The van der Waals surface area contributed by atoms with Gasteiger partial charge in [0.2, 0.25) is 0 Å². The summed E-state index contributed by atoms with van der Waals surface area (Å²) in [5.41, 5.74) is 3.15. The molecule has 0 radical (unpaired) electrons. The number of hydrogen-bond acceptors (Lipinski definition) is 4. The Morgan fingerprint density at radius 3 is 2.47 bits per heavy atom. The number of methoxy groups -OCH3 is 1. The number of piperazine rings is 1. The van der Waals surface area contributed by atoms with Crippen molar-refractivity contribution in [1.82, 2.24) is 9.80 Å². The molecule has 3 aromatic rings. The average Bonchev–Trinajstić information content (AvgIpc) is 2.90. The molecule has 0 saturated carbocycles. The normalized spacial score (nSPS) is 14.9. The first-order valence-corrected chi connectivity index (χ1v) is 12.0. The Bertz CT molecular complexity index is 1160. The topological polar surface area (TPSA) is 54.0 Å². The number of nitrogens with zero attached hydrogens (tertiary/aromatic N) is 2. The van der Waals surface area contributed by atoms with Crippen LogP contribution >= 0.6 is 0 Å². The van der Waals surface area contributed by atoms with E-state index in [1.807, 2.05) is 24.3 Å². The second kappa shape index (κ2) is 12.0. The van der Waals surface area contributed by atoms with Gasteiger partial charge in [-0.1, -0.05) is 42.0 Å². The number of carbonyl (C=O) groups is 1. The van der Waals surface area contributed by atoms with E-state index in [0.29, 0.717) is 39.3 Å². The van der Waals surface area contributed by atoms with Crippen LogP contribution in [0.3, 0.4) is 0 Å². The number of carbonyl (C=O) groups excluding carboxylic acids is 1. The summed E-state index contributed by atoms with van der Waals surface area (Å²) in [5.74, 6) is -0.511. The second-order valence-electron chi connectivity index (χ2n) is 8.90. The molecule has 0 spiro atoms. The number of anilines is 1. The molecule has 3 aromatic carbocycles. The van der Waals surface area contributed by atoms with Crippen LogP contribution in [0.5, 0.6) is 5.75 Å². The van der Waals surface area contributed by atoms with Crippen molar-refractivity contribution in [3.8, 4) is 5.75 Å². The largest absolute Gasteiger partial charge is 0.497 e. The van der Waals surface area contributed by atoms with Crippen molar-refractivity contribution >= 4 is 11.7 Å². The molecule has 36 heavy (non-hydrogen) atoms. The third-order valence-electron chi connectivity index (χ3n) is 6.29. The summed E-state index contributed by atoms with van der Waals surface area (Å²) in [6.45, 7) is 5.37. The fraction of sp³-hybridized carbons (Fsp3) is 0.321. The lowest BCUT2D eigenvalue weighted by Gasteiger charge is -2.36. The maximum atomic E-state index is 13.9. The van der Waals surface area contributed by atoms with E-state index in [9.17, 15) is 13.6 Å². The molecule has 1 fully saturated rings. The molecule has 1 saturated heterocycles. The van der Waals surface area contributed by atoms with Gasteiger partial charge in [-0.2, -0.15) is 0 Å². The highest BCUT2D eigenvalue weighted by molar-refractivity contribution is 5.89. The number of halogens is 2. The molecule has 6 nitrogen and oxygen atoms in total. The van der Waals surface area contributed by atoms with E-state index in [-0.39, 0.29) is 11.8 Å². The van der Waals surface area contributed by atoms with E-state index in [1.54, 1.807) is 12.0 Å². The summed E-state index contributed by atoms with van der Waals surface area (Å²) in [6, 6.07) is 18.7. The number of aryl methyl sites for hydroxylation is 1. The number of hydrogen-bond donors (Lipinski definition) is 1. The highest BCUT2D eigenvalue weighted by atomic mass is 19.1. The van der Waals surface area contributed by atoms with Crippen LogP contribution in [0, 0.1) is 18.6 Å². The minimum atomic E-state index is -0.671. The highest BCUT2D eigenvalue weighted by Gasteiger charge is 2.25. The molecule has 4 rings (SSSR count). The zero-order chi connectivity index (χ0) is 25.5. The Kier molecular flexibility index (Phi) is 8.51. The van der Waals surface area contributed by atoms with Gasteiger partial charge in [-0.15, -0.1) is 0 Å². The summed E-state index contributed by atoms with van der Waals surface area (Å²) in [4.78, 5) is 16.5. The molecule has 0 unspecified atom stereocenters. The van der Waals surface area contributed by atoms with Gasteiger partial charge in [0.05, 0.1) is 25.5 Å². The van der Waals surface area contributed by atoms with E-state index >= 15 is 0 Å². The van der Waals surface area contributed by atoms with E-state index in [1.165, 1.54) is 5.56 Å². The predicted molar refractivity (Wildman–Crippen MR) is 135 cm³/mol. The summed E-state index contributed by atoms with van der Waals surface area (Å²) >= 11 is 0. The quantitative estimate of drug-likeness (QED) is 0.455. The lowest BCUT2D eigenvalue weighted by molar-refractivity contribution is 0.00584. The Hall–Kier alpha value is -3.49.